The lowest BCUT2D eigenvalue weighted by atomic mass is 10.0. The Hall–Kier alpha value is -3.48. The number of nitro benzene ring substituents is 1. The molecule has 7 nitrogen and oxygen atoms in total. The Balaban J connectivity index is 2.04. The Labute approximate surface area is 154 Å². The highest BCUT2D eigenvalue weighted by atomic mass is 16.6. The van der Waals surface area contributed by atoms with Crippen molar-refractivity contribution >= 4 is 28.2 Å². The minimum absolute atomic E-state index is 0.144. The third kappa shape index (κ3) is 2.97. The number of non-ortho nitro benzene ring substituents is 1. The van der Waals surface area contributed by atoms with Gasteiger partial charge in [0.2, 0.25) is 11.8 Å². The maximum atomic E-state index is 12.2. The number of carbonyl (C=O) groups is 1. The molecule has 0 unspecified atom stereocenters. The second-order valence-corrected chi connectivity index (χ2v) is 6.59. The first kappa shape index (κ1) is 17.0. The van der Waals surface area contributed by atoms with Gasteiger partial charge < -0.3 is 5.11 Å². The summed E-state index contributed by atoms with van der Waals surface area (Å²) in [7, 11) is 0. The van der Waals surface area contributed by atoms with Crippen LogP contribution in [0.5, 0.6) is 5.88 Å². The van der Waals surface area contributed by atoms with E-state index in [-0.39, 0.29) is 17.6 Å². The molecule has 1 aliphatic carbocycles. The quantitative estimate of drug-likeness (QED) is 0.431. The highest BCUT2D eigenvalue weighted by Crippen LogP contribution is 2.37. The highest BCUT2D eigenvalue weighted by Gasteiger charge is 2.28. The van der Waals surface area contributed by atoms with Crippen LogP contribution in [0.4, 0.5) is 5.69 Å². The molecule has 1 aliphatic rings. The number of aromatic hydroxyl groups is 1. The number of aromatic nitrogens is 1. The summed E-state index contributed by atoms with van der Waals surface area (Å²) in [4.78, 5) is 27.6. The Morgan fingerprint density at radius 2 is 1.93 bits per heavy atom. The maximum Gasteiger partial charge on any atom is 0.271 e. The van der Waals surface area contributed by atoms with Crippen molar-refractivity contribution in [2.75, 3.05) is 0 Å². The number of hydrogen-bond acceptors (Lipinski definition) is 5. The van der Waals surface area contributed by atoms with Crippen molar-refractivity contribution in [3.8, 4) is 5.88 Å². The van der Waals surface area contributed by atoms with E-state index in [0.29, 0.717) is 22.2 Å². The molecule has 1 N–H and O–H groups in total. The minimum atomic E-state index is -0.524. The molecule has 1 aromatic heterocycles. The Morgan fingerprint density at radius 3 is 2.52 bits per heavy atom. The van der Waals surface area contributed by atoms with Gasteiger partial charge in [-0.05, 0) is 18.9 Å². The number of hydrogen-bond donors (Lipinski definition) is 1. The predicted molar refractivity (Wildman–Crippen MR) is 102 cm³/mol. The van der Waals surface area contributed by atoms with Crippen LogP contribution in [0, 0.1) is 10.1 Å². The van der Waals surface area contributed by atoms with Crippen LogP contribution in [-0.4, -0.2) is 32.3 Å². The van der Waals surface area contributed by atoms with Crippen molar-refractivity contribution < 1.29 is 14.8 Å². The molecule has 27 heavy (non-hydrogen) atoms. The average Bonchev–Trinajstić information content (AvgIpc) is 3.42. The lowest BCUT2D eigenvalue weighted by Gasteiger charge is -2.08. The lowest BCUT2D eigenvalue weighted by Crippen LogP contribution is -2.07. The highest BCUT2D eigenvalue weighted by molar-refractivity contribution is 6.22. The first-order valence-corrected chi connectivity index (χ1v) is 8.63. The van der Waals surface area contributed by atoms with Crippen LogP contribution in [0.1, 0.15) is 35.7 Å². The molecule has 4 rings (SSSR count). The zero-order valence-corrected chi connectivity index (χ0v) is 14.6. The molecule has 0 bridgehead atoms. The van der Waals surface area contributed by atoms with Crippen molar-refractivity contribution in [1.82, 2.24) is 4.57 Å². The summed E-state index contributed by atoms with van der Waals surface area (Å²) in [5.41, 5.74) is 1.99. The molecule has 136 valence electrons. The van der Waals surface area contributed by atoms with Gasteiger partial charge in [-0.25, -0.2) is 4.57 Å². The van der Waals surface area contributed by atoms with Gasteiger partial charge in [-0.3, -0.25) is 19.9 Å². The van der Waals surface area contributed by atoms with Crippen molar-refractivity contribution in [3.63, 3.8) is 0 Å². The Kier molecular flexibility index (Phi) is 3.99. The summed E-state index contributed by atoms with van der Waals surface area (Å²) in [5.74, 6) is -0.677. The standard InChI is InChI=1S/C20H17N3O4/c1-12(24)22-17-11-15(23(26)27)9-10-16(17)18(20(22)25)19(21-14-7-8-14)13-5-3-2-4-6-13/h2-6,9-11,14,25H,7-8H2,1H3. The van der Waals surface area contributed by atoms with Crippen molar-refractivity contribution in [2.45, 2.75) is 25.8 Å². The van der Waals surface area contributed by atoms with Gasteiger partial charge in [-0.15, -0.1) is 0 Å². The molecule has 1 fully saturated rings. The molecule has 0 amide bonds. The number of fused-ring (bicyclic) bond motifs is 1. The zero-order chi connectivity index (χ0) is 19.1. The van der Waals surface area contributed by atoms with Crippen LogP contribution < -0.4 is 0 Å². The average molecular weight is 363 g/mol. The van der Waals surface area contributed by atoms with Gasteiger partial charge in [0.05, 0.1) is 27.8 Å². The summed E-state index contributed by atoms with van der Waals surface area (Å²) in [5, 5.41) is 22.6. The smallest absolute Gasteiger partial charge is 0.271 e. The molecule has 0 saturated heterocycles. The molecule has 0 aliphatic heterocycles. The first-order valence-electron chi connectivity index (χ1n) is 8.63. The largest absolute Gasteiger partial charge is 0.494 e. The monoisotopic (exact) mass is 363 g/mol. The summed E-state index contributed by atoms with van der Waals surface area (Å²) in [6, 6.07) is 13.9. The number of rotatable bonds is 4. The number of benzene rings is 2. The zero-order valence-electron chi connectivity index (χ0n) is 14.6. The molecule has 0 radical (unpaired) electrons. The molecular formula is C20H17N3O4. The van der Waals surface area contributed by atoms with Gasteiger partial charge >= 0.3 is 0 Å². The second kappa shape index (κ2) is 6.35. The molecule has 2 aromatic carbocycles. The Bertz CT molecular complexity index is 1100. The fourth-order valence-corrected chi connectivity index (χ4v) is 3.19. The third-order valence-electron chi connectivity index (χ3n) is 4.60. The molecular weight excluding hydrogens is 346 g/mol. The van der Waals surface area contributed by atoms with Crippen LogP contribution >= 0.6 is 0 Å². The van der Waals surface area contributed by atoms with E-state index in [1.807, 2.05) is 30.3 Å². The van der Waals surface area contributed by atoms with Gasteiger partial charge in [0.25, 0.3) is 5.69 Å². The number of nitro groups is 1. The van der Waals surface area contributed by atoms with Crippen LogP contribution in [-0.2, 0) is 0 Å². The van der Waals surface area contributed by atoms with Gasteiger partial charge in [0.15, 0.2) is 0 Å². The minimum Gasteiger partial charge on any atom is -0.494 e. The first-order chi connectivity index (χ1) is 13.0. The molecule has 1 heterocycles. The summed E-state index contributed by atoms with van der Waals surface area (Å²) in [6.07, 6.45) is 1.96. The third-order valence-corrected chi connectivity index (χ3v) is 4.60. The summed E-state index contributed by atoms with van der Waals surface area (Å²) >= 11 is 0. The molecule has 0 atom stereocenters. The van der Waals surface area contributed by atoms with E-state index in [9.17, 15) is 20.0 Å². The molecule has 3 aromatic rings. The molecule has 1 saturated carbocycles. The van der Waals surface area contributed by atoms with Gasteiger partial charge in [-0.1, -0.05) is 30.3 Å². The number of aliphatic imine (C=N–C) groups is 1. The van der Waals surface area contributed by atoms with E-state index in [4.69, 9.17) is 4.99 Å². The lowest BCUT2D eigenvalue weighted by molar-refractivity contribution is -0.384. The van der Waals surface area contributed by atoms with E-state index < -0.39 is 10.8 Å². The SMILES string of the molecule is CC(=O)n1c(O)c(C(=NC2CC2)c2ccccc2)c2ccc([N+](=O)[O-])cc21. The van der Waals surface area contributed by atoms with E-state index in [1.54, 1.807) is 6.07 Å². The summed E-state index contributed by atoms with van der Waals surface area (Å²) < 4.78 is 1.10. The molecule has 7 heteroatoms. The van der Waals surface area contributed by atoms with Crippen LogP contribution in [0.15, 0.2) is 53.5 Å². The van der Waals surface area contributed by atoms with E-state index in [1.165, 1.54) is 19.1 Å². The molecule has 0 spiro atoms. The van der Waals surface area contributed by atoms with E-state index in [0.717, 1.165) is 23.0 Å². The number of carbonyl (C=O) groups excluding carboxylic acids is 1. The Morgan fingerprint density at radius 1 is 1.22 bits per heavy atom. The normalized spacial score (nSPS) is 14.5. The van der Waals surface area contributed by atoms with Gasteiger partial charge in [0, 0.05) is 30.0 Å². The second-order valence-electron chi connectivity index (χ2n) is 6.59. The fraction of sp³-hybridized carbons (Fsp3) is 0.200. The van der Waals surface area contributed by atoms with Crippen LogP contribution in [0.25, 0.3) is 10.9 Å². The fourth-order valence-electron chi connectivity index (χ4n) is 3.19. The number of nitrogens with zero attached hydrogens (tertiary/aromatic N) is 3. The van der Waals surface area contributed by atoms with E-state index >= 15 is 0 Å². The van der Waals surface area contributed by atoms with Crippen LogP contribution in [0.2, 0.25) is 0 Å². The topological polar surface area (TPSA) is 97.7 Å². The van der Waals surface area contributed by atoms with Gasteiger partial charge in [0.1, 0.15) is 0 Å². The van der Waals surface area contributed by atoms with Crippen molar-refractivity contribution in [1.29, 1.82) is 0 Å². The van der Waals surface area contributed by atoms with Crippen molar-refractivity contribution in [3.05, 3.63) is 69.8 Å². The summed E-state index contributed by atoms with van der Waals surface area (Å²) in [6.45, 7) is 1.31. The van der Waals surface area contributed by atoms with Gasteiger partial charge in [-0.2, -0.15) is 0 Å². The van der Waals surface area contributed by atoms with E-state index in [2.05, 4.69) is 0 Å². The van der Waals surface area contributed by atoms with Crippen LogP contribution in [0.3, 0.4) is 0 Å². The maximum absolute atomic E-state index is 12.2. The predicted octanol–water partition coefficient (Wildman–Crippen LogP) is 3.92. The van der Waals surface area contributed by atoms with Crippen molar-refractivity contribution in [2.24, 2.45) is 4.99 Å².